The van der Waals surface area contributed by atoms with Crippen molar-refractivity contribution >= 4 is 6.09 Å². The fourth-order valence-electron chi connectivity index (χ4n) is 2.66. The van der Waals surface area contributed by atoms with Gasteiger partial charge in [-0.3, -0.25) is 0 Å². The van der Waals surface area contributed by atoms with Crippen LogP contribution >= 0.6 is 0 Å². The van der Waals surface area contributed by atoms with E-state index < -0.39 is 5.60 Å². The third kappa shape index (κ3) is 6.60. The summed E-state index contributed by atoms with van der Waals surface area (Å²) in [6.07, 6.45) is 3.47. The van der Waals surface area contributed by atoms with Gasteiger partial charge in [-0.2, -0.15) is 0 Å². The maximum absolute atomic E-state index is 11.7. The molecule has 4 nitrogen and oxygen atoms in total. The van der Waals surface area contributed by atoms with Crippen LogP contribution in [-0.4, -0.2) is 30.3 Å². The number of amides is 1. The molecule has 1 aliphatic carbocycles. The fourth-order valence-corrected chi connectivity index (χ4v) is 2.66. The molecule has 0 saturated heterocycles. The Morgan fingerprint density at radius 1 is 1.30 bits per heavy atom. The number of alkyl carbamates (subject to hydrolysis) is 1. The van der Waals surface area contributed by atoms with E-state index >= 15 is 0 Å². The molecule has 3 atom stereocenters. The summed E-state index contributed by atoms with van der Waals surface area (Å²) in [5.41, 5.74) is -0.439. The molecule has 0 aliphatic heterocycles. The van der Waals surface area contributed by atoms with Crippen LogP contribution in [0.5, 0.6) is 0 Å². The van der Waals surface area contributed by atoms with Crippen LogP contribution in [0.25, 0.3) is 0 Å². The van der Waals surface area contributed by atoms with E-state index in [2.05, 4.69) is 31.4 Å². The van der Waals surface area contributed by atoms with Gasteiger partial charge in [-0.1, -0.05) is 20.8 Å². The number of carbonyl (C=O) groups is 1. The van der Waals surface area contributed by atoms with E-state index in [0.717, 1.165) is 5.92 Å². The summed E-state index contributed by atoms with van der Waals surface area (Å²) in [6.45, 7) is 12.9. The van der Waals surface area contributed by atoms with Crippen LogP contribution < -0.4 is 10.6 Å². The Morgan fingerprint density at radius 2 is 1.95 bits per heavy atom. The molecule has 1 saturated carbocycles. The molecule has 0 heterocycles. The lowest BCUT2D eigenvalue weighted by molar-refractivity contribution is 0.0518. The molecule has 118 valence electrons. The van der Waals surface area contributed by atoms with Crippen molar-refractivity contribution in [2.24, 2.45) is 11.8 Å². The minimum absolute atomic E-state index is 0.304. The second kappa shape index (κ2) is 7.30. The Labute approximate surface area is 124 Å². The summed E-state index contributed by atoms with van der Waals surface area (Å²) in [4.78, 5) is 11.7. The molecule has 0 aromatic carbocycles. The van der Waals surface area contributed by atoms with Gasteiger partial charge in [-0.15, -0.1) is 0 Å². The van der Waals surface area contributed by atoms with Gasteiger partial charge in [0.05, 0.1) is 0 Å². The smallest absolute Gasteiger partial charge is 0.407 e. The van der Waals surface area contributed by atoms with Crippen LogP contribution in [0, 0.1) is 11.8 Å². The lowest BCUT2D eigenvalue weighted by atomic mass is 10.0. The summed E-state index contributed by atoms with van der Waals surface area (Å²) in [5.74, 6) is 1.31. The first kappa shape index (κ1) is 17.3. The Bertz CT molecular complexity index is 310. The minimum atomic E-state index is -0.439. The van der Waals surface area contributed by atoms with Crippen LogP contribution in [-0.2, 0) is 4.74 Å². The number of nitrogens with one attached hydrogen (secondary N) is 2. The van der Waals surface area contributed by atoms with Crippen LogP contribution in [0.15, 0.2) is 0 Å². The van der Waals surface area contributed by atoms with Gasteiger partial charge in [0.25, 0.3) is 0 Å². The van der Waals surface area contributed by atoms with Gasteiger partial charge < -0.3 is 15.4 Å². The molecule has 1 fully saturated rings. The highest BCUT2D eigenvalue weighted by Gasteiger charge is 2.25. The molecule has 3 unspecified atom stereocenters. The van der Waals surface area contributed by atoms with Gasteiger partial charge in [0.15, 0.2) is 0 Å². The summed E-state index contributed by atoms with van der Waals surface area (Å²) < 4.78 is 5.28. The quantitative estimate of drug-likeness (QED) is 0.814. The molecule has 1 aliphatic rings. The monoisotopic (exact) mass is 284 g/mol. The van der Waals surface area contributed by atoms with Crippen LogP contribution in [0.2, 0.25) is 0 Å². The van der Waals surface area contributed by atoms with Gasteiger partial charge in [0, 0.05) is 18.6 Å². The zero-order valence-corrected chi connectivity index (χ0v) is 14.0. The van der Waals surface area contributed by atoms with Gasteiger partial charge in [0.1, 0.15) is 5.60 Å². The van der Waals surface area contributed by atoms with Crippen molar-refractivity contribution in [2.45, 2.75) is 78.5 Å². The van der Waals surface area contributed by atoms with Gasteiger partial charge in [-0.05, 0) is 51.9 Å². The highest BCUT2D eigenvalue weighted by molar-refractivity contribution is 5.67. The second-order valence-corrected chi connectivity index (χ2v) is 7.52. The molecule has 4 heteroatoms. The summed E-state index contributed by atoms with van der Waals surface area (Å²) in [7, 11) is 0. The Hall–Kier alpha value is -0.770. The van der Waals surface area contributed by atoms with Crippen molar-refractivity contribution in [3.8, 4) is 0 Å². The number of rotatable bonds is 5. The average Bonchev–Trinajstić information content (AvgIpc) is 2.67. The summed E-state index contributed by atoms with van der Waals surface area (Å²) >= 11 is 0. The largest absolute Gasteiger partial charge is 0.444 e. The molecule has 1 rings (SSSR count). The van der Waals surface area contributed by atoms with E-state index in [-0.39, 0.29) is 6.09 Å². The number of hydrogen-bond donors (Lipinski definition) is 2. The number of carbonyl (C=O) groups excluding carboxylic acids is 1. The van der Waals surface area contributed by atoms with E-state index in [0.29, 0.717) is 24.5 Å². The highest BCUT2D eigenvalue weighted by atomic mass is 16.6. The molecule has 0 aromatic heterocycles. The van der Waals surface area contributed by atoms with E-state index in [9.17, 15) is 4.79 Å². The third-order valence-corrected chi connectivity index (χ3v) is 3.81. The molecule has 20 heavy (non-hydrogen) atoms. The first-order valence-electron chi connectivity index (χ1n) is 7.90. The molecule has 2 N–H and O–H groups in total. The van der Waals surface area contributed by atoms with Crippen molar-refractivity contribution in [2.75, 3.05) is 6.54 Å². The SMILES string of the molecule is CC1CCC(NC(CNC(=O)OC(C)(C)C)C(C)C)C1. The highest BCUT2D eigenvalue weighted by Crippen LogP contribution is 2.25. The van der Waals surface area contributed by atoms with E-state index in [1.807, 2.05) is 20.8 Å². The van der Waals surface area contributed by atoms with Crippen molar-refractivity contribution < 1.29 is 9.53 Å². The van der Waals surface area contributed by atoms with Crippen molar-refractivity contribution in [3.05, 3.63) is 0 Å². The first-order chi connectivity index (χ1) is 9.17. The van der Waals surface area contributed by atoms with E-state index in [1.165, 1.54) is 19.3 Å². The van der Waals surface area contributed by atoms with E-state index in [1.54, 1.807) is 0 Å². The van der Waals surface area contributed by atoms with Crippen LogP contribution in [0.3, 0.4) is 0 Å². The first-order valence-corrected chi connectivity index (χ1v) is 7.90. The molecule has 0 bridgehead atoms. The number of hydrogen-bond acceptors (Lipinski definition) is 3. The van der Waals surface area contributed by atoms with Crippen LogP contribution in [0.4, 0.5) is 4.79 Å². The summed E-state index contributed by atoms with van der Waals surface area (Å²) in [5, 5.41) is 6.58. The molecular weight excluding hydrogens is 252 g/mol. The summed E-state index contributed by atoms with van der Waals surface area (Å²) in [6, 6.07) is 0.899. The molecular formula is C16H32N2O2. The topological polar surface area (TPSA) is 50.4 Å². The van der Waals surface area contributed by atoms with Crippen LogP contribution in [0.1, 0.15) is 60.8 Å². The standard InChI is InChI=1S/C16H32N2O2/c1-11(2)14(18-13-8-7-12(3)9-13)10-17-15(19)20-16(4,5)6/h11-14,18H,7-10H2,1-6H3,(H,17,19). The lowest BCUT2D eigenvalue weighted by Gasteiger charge is -2.27. The van der Waals surface area contributed by atoms with Gasteiger partial charge in [-0.25, -0.2) is 4.79 Å². The predicted octanol–water partition coefficient (Wildman–Crippen LogP) is 3.31. The van der Waals surface area contributed by atoms with E-state index in [4.69, 9.17) is 4.74 Å². The van der Waals surface area contributed by atoms with Crippen molar-refractivity contribution in [1.82, 2.24) is 10.6 Å². The maximum Gasteiger partial charge on any atom is 0.407 e. The Balaban J connectivity index is 2.37. The normalized spacial score (nSPS) is 24.8. The average molecular weight is 284 g/mol. The van der Waals surface area contributed by atoms with Gasteiger partial charge in [0.2, 0.25) is 0 Å². The molecule has 0 radical (unpaired) electrons. The van der Waals surface area contributed by atoms with Crippen molar-refractivity contribution in [3.63, 3.8) is 0 Å². The minimum Gasteiger partial charge on any atom is -0.444 e. The molecule has 0 aromatic rings. The second-order valence-electron chi connectivity index (χ2n) is 7.52. The third-order valence-electron chi connectivity index (χ3n) is 3.81. The zero-order chi connectivity index (χ0) is 15.3. The maximum atomic E-state index is 11.7. The van der Waals surface area contributed by atoms with Gasteiger partial charge >= 0.3 is 6.09 Å². The zero-order valence-electron chi connectivity index (χ0n) is 14.0. The predicted molar refractivity (Wildman–Crippen MR) is 82.8 cm³/mol. The Morgan fingerprint density at radius 3 is 2.40 bits per heavy atom. The number of ether oxygens (including phenoxy) is 1. The lowest BCUT2D eigenvalue weighted by Crippen LogP contribution is -2.48. The molecule has 1 amide bonds. The molecule has 0 spiro atoms. The van der Waals surface area contributed by atoms with Crippen molar-refractivity contribution in [1.29, 1.82) is 0 Å². The Kier molecular flexibility index (Phi) is 6.31. The fraction of sp³-hybridized carbons (Fsp3) is 0.938.